The van der Waals surface area contributed by atoms with E-state index in [0.29, 0.717) is 17.6 Å². The zero-order valence-corrected chi connectivity index (χ0v) is 17.7. The van der Waals surface area contributed by atoms with Crippen LogP contribution < -0.4 is 5.32 Å². The second kappa shape index (κ2) is 9.74. The zero-order valence-electron chi connectivity index (χ0n) is 17.7. The number of nitroso groups, excluding NO2 is 1. The third kappa shape index (κ3) is 6.05. The van der Waals surface area contributed by atoms with Crippen LogP contribution in [0.25, 0.3) is 5.57 Å². The molecule has 0 bridgehead atoms. The van der Waals surface area contributed by atoms with Crippen LogP contribution in [0.4, 0.5) is 18.9 Å². The van der Waals surface area contributed by atoms with Gasteiger partial charge in [-0.05, 0) is 71.8 Å². The third-order valence-electron chi connectivity index (χ3n) is 4.71. The van der Waals surface area contributed by atoms with Crippen LogP contribution >= 0.6 is 0 Å². The highest BCUT2D eigenvalue weighted by Crippen LogP contribution is 2.35. The molecule has 0 saturated heterocycles. The standard InChI is InChI=1S/C24H27F3N2O/c1-15(2)12-21(18-9-7-10-19(13-18)24(25,26)27)23(29-30)14-20-17(5)8-6-11-22(20)28-16(3)4/h6-11,13,15,28H,3,12,14H2,1-2,4-5H3/b23-21+. The number of aryl methyl sites for hydroxylation is 1. The SMILES string of the molecule is C=C(C)Nc1cccc(C)c1C/C(N=O)=C(/CC(C)C)c1cccc(C(F)(F)F)c1. The van der Waals surface area contributed by atoms with Gasteiger partial charge in [-0.2, -0.15) is 13.2 Å². The van der Waals surface area contributed by atoms with Gasteiger partial charge in [-0.25, -0.2) is 0 Å². The monoisotopic (exact) mass is 416 g/mol. The summed E-state index contributed by atoms with van der Waals surface area (Å²) >= 11 is 0. The first-order valence-corrected chi connectivity index (χ1v) is 9.77. The fraction of sp³-hybridized carbons (Fsp3) is 0.333. The molecule has 0 amide bonds. The van der Waals surface area contributed by atoms with E-state index in [1.165, 1.54) is 6.07 Å². The van der Waals surface area contributed by atoms with E-state index in [4.69, 9.17) is 0 Å². The Bertz CT molecular complexity index is 959. The van der Waals surface area contributed by atoms with E-state index in [-0.39, 0.29) is 18.0 Å². The largest absolute Gasteiger partial charge is 0.416 e. The molecule has 3 nitrogen and oxygen atoms in total. The number of halogens is 3. The first-order chi connectivity index (χ1) is 14.0. The first kappa shape index (κ1) is 23.4. The molecule has 0 aliphatic carbocycles. The molecular formula is C24H27F3N2O. The molecule has 0 saturated carbocycles. The summed E-state index contributed by atoms with van der Waals surface area (Å²) < 4.78 is 39.7. The van der Waals surface area contributed by atoms with Crippen molar-refractivity contribution < 1.29 is 13.2 Å². The Labute approximate surface area is 175 Å². The van der Waals surface area contributed by atoms with Crippen molar-refractivity contribution in [1.82, 2.24) is 0 Å². The van der Waals surface area contributed by atoms with E-state index in [9.17, 15) is 18.1 Å². The molecule has 0 radical (unpaired) electrons. The molecule has 2 rings (SSSR count). The number of anilines is 1. The summed E-state index contributed by atoms with van der Waals surface area (Å²) in [6, 6.07) is 10.8. The van der Waals surface area contributed by atoms with E-state index in [1.807, 2.05) is 45.9 Å². The predicted molar refractivity (Wildman–Crippen MR) is 117 cm³/mol. The molecule has 0 fully saturated rings. The van der Waals surface area contributed by atoms with Crippen LogP contribution in [0, 0.1) is 17.7 Å². The van der Waals surface area contributed by atoms with Crippen LogP contribution in [-0.4, -0.2) is 0 Å². The zero-order chi connectivity index (χ0) is 22.5. The average Bonchev–Trinajstić information content (AvgIpc) is 2.65. The lowest BCUT2D eigenvalue weighted by molar-refractivity contribution is -0.137. The molecule has 0 aliphatic rings. The second-order valence-electron chi connectivity index (χ2n) is 7.88. The van der Waals surface area contributed by atoms with Crippen molar-refractivity contribution in [2.24, 2.45) is 11.1 Å². The summed E-state index contributed by atoms with van der Waals surface area (Å²) in [6.45, 7) is 11.5. The van der Waals surface area contributed by atoms with Gasteiger partial charge in [-0.15, -0.1) is 4.91 Å². The minimum absolute atomic E-state index is 0.135. The Morgan fingerprint density at radius 1 is 1.17 bits per heavy atom. The van der Waals surface area contributed by atoms with Crippen LogP contribution in [0.2, 0.25) is 0 Å². The number of alkyl halides is 3. The van der Waals surface area contributed by atoms with Crippen molar-refractivity contribution >= 4 is 11.3 Å². The number of hydrogen-bond donors (Lipinski definition) is 1. The molecule has 6 heteroatoms. The summed E-state index contributed by atoms with van der Waals surface area (Å²) in [5, 5.41) is 6.45. The summed E-state index contributed by atoms with van der Waals surface area (Å²) in [4.78, 5) is 11.9. The number of nitrogens with zero attached hydrogens (tertiary/aromatic N) is 1. The number of rotatable bonds is 8. The Kier molecular flexibility index (Phi) is 7.59. The topological polar surface area (TPSA) is 41.5 Å². The van der Waals surface area contributed by atoms with Crippen LogP contribution in [0.15, 0.2) is 65.6 Å². The fourth-order valence-electron chi connectivity index (χ4n) is 3.34. The Morgan fingerprint density at radius 2 is 1.83 bits per heavy atom. The highest BCUT2D eigenvalue weighted by Gasteiger charge is 2.31. The van der Waals surface area contributed by atoms with Crippen molar-refractivity contribution in [3.8, 4) is 0 Å². The fourth-order valence-corrected chi connectivity index (χ4v) is 3.34. The van der Waals surface area contributed by atoms with Crippen molar-refractivity contribution in [2.75, 3.05) is 5.32 Å². The Balaban J connectivity index is 2.62. The smallest absolute Gasteiger partial charge is 0.359 e. The van der Waals surface area contributed by atoms with Crippen LogP contribution in [0.1, 0.15) is 49.4 Å². The van der Waals surface area contributed by atoms with Gasteiger partial charge in [0.25, 0.3) is 0 Å². The summed E-state index contributed by atoms with van der Waals surface area (Å²) in [5.74, 6) is 0.135. The molecule has 0 aliphatic heterocycles. The molecule has 1 N–H and O–H groups in total. The summed E-state index contributed by atoms with van der Waals surface area (Å²) in [5.41, 5.74) is 3.77. The van der Waals surface area contributed by atoms with Crippen LogP contribution in [0.3, 0.4) is 0 Å². The van der Waals surface area contributed by atoms with Crippen molar-refractivity contribution in [3.63, 3.8) is 0 Å². The molecule has 2 aromatic carbocycles. The summed E-state index contributed by atoms with van der Waals surface area (Å²) in [7, 11) is 0. The molecule has 2 aromatic rings. The van der Waals surface area contributed by atoms with Crippen LogP contribution in [-0.2, 0) is 12.6 Å². The van der Waals surface area contributed by atoms with Gasteiger partial charge in [0.15, 0.2) is 0 Å². The molecule has 0 aromatic heterocycles. The number of hydrogen-bond acceptors (Lipinski definition) is 3. The number of nitrogens with one attached hydrogen (secondary N) is 1. The molecule has 0 heterocycles. The lowest BCUT2D eigenvalue weighted by atomic mass is 9.90. The maximum absolute atomic E-state index is 13.2. The van der Waals surface area contributed by atoms with Gasteiger partial charge >= 0.3 is 6.18 Å². The van der Waals surface area contributed by atoms with Gasteiger partial charge in [0.05, 0.1) is 11.3 Å². The molecular weight excluding hydrogens is 389 g/mol. The molecule has 160 valence electrons. The van der Waals surface area contributed by atoms with Gasteiger partial charge < -0.3 is 5.32 Å². The minimum atomic E-state index is -4.46. The molecule has 0 atom stereocenters. The van der Waals surface area contributed by atoms with E-state index < -0.39 is 11.7 Å². The number of benzene rings is 2. The second-order valence-corrected chi connectivity index (χ2v) is 7.88. The van der Waals surface area contributed by atoms with Crippen molar-refractivity contribution in [2.45, 2.75) is 46.7 Å². The molecule has 0 unspecified atom stereocenters. The highest BCUT2D eigenvalue weighted by atomic mass is 19.4. The van der Waals surface area contributed by atoms with Crippen molar-refractivity contribution in [3.05, 3.63) is 87.6 Å². The van der Waals surface area contributed by atoms with Gasteiger partial charge in [0.1, 0.15) is 0 Å². The predicted octanol–water partition coefficient (Wildman–Crippen LogP) is 7.73. The van der Waals surface area contributed by atoms with Crippen LogP contribution in [0.5, 0.6) is 0 Å². The van der Waals surface area contributed by atoms with E-state index in [0.717, 1.165) is 34.6 Å². The lowest BCUT2D eigenvalue weighted by Crippen LogP contribution is -2.07. The van der Waals surface area contributed by atoms with Crippen molar-refractivity contribution in [1.29, 1.82) is 0 Å². The first-order valence-electron chi connectivity index (χ1n) is 9.77. The maximum Gasteiger partial charge on any atom is 0.416 e. The Hall–Kier alpha value is -2.89. The van der Waals surface area contributed by atoms with E-state index in [1.54, 1.807) is 6.07 Å². The average molecular weight is 416 g/mol. The van der Waals surface area contributed by atoms with E-state index in [2.05, 4.69) is 17.1 Å². The normalized spacial score (nSPS) is 12.5. The maximum atomic E-state index is 13.2. The molecule has 0 spiro atoms. The lowest BCUT2D eigenvalue weighted by Gasteiger charge is -2.18. The minimum Gasteiger partial charge on any atom is -0.359 e. The summed E-state index contributed by atoms with van der Waals surface area (Å²) in [6.07, 6.45) is -3.80. The van der Waals surface area contributed by atoms with Gasteiger partial charge in [0, 0.05) is 17.8 Å². The third-order valence-corrected chi connectivity index (χ3v) is 4.71. The number of allylic oxidation sites excluding steroid dienone is 3. The highest BCUT2D eigenvalue weighted by molar-refractivity contribution is 5.71. The van der Waals surface area contributed by atoms with Gasteiger partial charge in [0.2, 0.25) is 0 Å². The van der Waals surface area contributed by atoms with E-state index >= 15 is 0 Å². The quantitative estimate of drug-likeness (QED) is 0.447. The van der Waals surface area contributed by atoms with Gasteiger partial charge in [-0.1, -0.05) is 44.7 Å². The van der Waals surface area contributed by atoms with Gasteiger partial charge in [-0.3, -0.25) is 0 Å². The molecule has 30 heavy (non-hydrogen) atoms. The Morgan fingerprint density at radius 3 is 2.40 bits per heavy atom.